The van der Waals surface area contributed by atoms with Crippen LogP contribution in [0.3, 0.4) is 0 Å². The summed E-state index contributed by atoms with van der Waals surface area (Å²) < 4.78 is 35.9. The molecule has 1 aliphatic heterocycles. The molecule has 0 aromatic carbocycles. The van der Waals surface area contributed by atoms with Crippen molar-refractivity contribution in [3.8, 4) is 0 Å². The zero-order chi connectivity index (χ0) is 18.8. The summed E-state index contributed by atoms with van der Waals surface area (Å²) in [5, 5.41) is 18.4. The third-order valence-corrected chi connectivity index (χ3v) is 5.60. The molecule has 2 aromatic rings. The molecule has 0 unspecified atom stereocenters. The number of hydrogen-bond acceptors (Lipinski definition) is 9. The van der Waals surface area contributed by atoms with E-state index in [0.717, 1.165) is 0 Å². The standard InChI is InChI=1S/C14H22N5O6P/c1-3-24-26(21,25-4-2)9-23-14(5-10(20)6-22-14)19-8-18-13-11(12(19)15)16-7-17-13/h7-8,10,15,20H,3-6,9H2,1-2H3,(H,16,17)/t10-,14-/m0/s1. The first-order valence-corrected chi connectivity index (χ1v) is 9.95. The second-order valence-electron chi connectivity index (χ2n) is 5.67. The second kappa shape index (κ2) is 7.55. The Morgan fingerprint density at radius 1 is 1.46 bits per heavy atom. The van der Waals surface area contributed by atoms with Gasteiger partial charge in [0.25, 0.3) is 5.91 Å². The van der Waals surface area contributed by atoms with Crippen LogP contribution < -0.4 is 5.49 Å². The van der Waals surface area contributed by atoms with E-state index in [2.05, 4.69) is 15.0 Å². The summed E-state index contributed by atoms with van der Waals surface area (Å²) >= 11 is 0. The summed E-state index contributed by atoms with van der Waals surface area (Å²) in [5.41, 5.74) is 0.761. The average Bonchev–Trinajstić information content (AvgIpc) is 3.22. The number of aromatic nitrogens is 4. The van der Waals surface area contributed by atoms with Gasteiger partial charge in [-0.3, -0.25) is 14.5 Å². The molecule has 12 heteroatoms. The van der Waals surface area contributed by atoms with Crippen LogP contribution in [0.1, 0.15) is 20.3 Å². The summed E-state index contributed by atoms with van der Waals surface area (Å²) in [6.45, 7) is 3.78. The van der Waals surface area contributed by atoms with Crippen LogP contribution in [0.25, 0.3) is 11.2 Å². The molecular formula is C14H22N5O6P. The number of aromatic amines is 1. The Labute approximate surface area is 149 Å². The molecular weight excluding hydrogens is 365 g/mol. The Morgan fingerprint density at radius 3 is 2.81 bits per heavy atom. The molecule has 144 valence electrons. The molecule has 0 aliphatic carbocycles. The Morgan fingerprint density at radius 2 is 2.19 bits per heavy atom. The molecule has 3 N–H and O–H groups in total. The smallest absolute Gasteiger partial charge is 0.356 e. The zero-order valence-electron chi connectivity index (χ0n) is 14.5. The number of imidazole rings is 1. The summed E-state index contributed by atoms with van der Waals surface area (Å²) in [5.74, 6) is -1.55. The maximum absolute atomic E-state index is 12.7. The summed E-state index contributed by atoms with van der Waals surface area (Å²) in [6.07, 6.45) is 1.60. The lowest BCUT2D eigenvalue weighted by atomic mass is 10.2. The zero-order valence-corrected chi connectivity index (χ0v) is 15.4. The van der Waals surface area contributed by atoms with Crippen LogP contribution in [0.2, 0.25) is 0 Å². The highest BCUT2D eigenvalue weighted by Gasteiger charge is 2.45. The normalized spacial score (nSPS) is 23.7. The monoisotopic (exact) mass is 387 g/mol. The number of hydrogen-bond donors (Lipinski definition) is 3. The van der Waals surface area contributed by atoms with E-state index in [0.29, 0.717) is 11.2 Å². The van der Waals surface area contributed by atoms with Crippen LogP contribution >= 0.6 is 7.60 Å². The highest BCUT2D eigenvalue weighted by molar-refractivity contribution is 7.53. The lowest BCUT2D eigenvalue weighted by Crippen LogP contribution is -2.44. The molecule has 3 rings (SSSR count). The molecule has 1 aliphatic rings. The van der Waals surface area contributed by atoms with Crippen molar-refractivity contribution in [3.63, 3.8) is 0 Å². The maximum Gasteiger partial charge on any atom is 0.356 e. The van der Waals surface area contributed by atoms with Gasteiger partial charge < -0.3 is 28.6 Å². The quantitative estimate of drug-likeness (QED) is 0.566. The van der Waals surface area contributed by atoms with Crippen molar-refractivity contribution in [2.45, 2.75) is 32.3 Å². The Balaban J connectivity index is 1.95. The van der Waals surface area contributed by atoms with Crippen LogP contribution in [0.4, 0.5) is 0 Å². The molecule has 2 atom stereocenters. The number of H-pyrrole nitrogens is 1. The highest BCUT2D eigenvalue weighted by Crippen LogP contribution is 2.50. The molecule has 1 fully saturated rings. The van der Waals surface area contributed by atoms with Crippen molar-refractivity contribution in [3.05, 3.63) is 18.1 Å². The Bertz CT molecular complexity index is 859. The lowest BCUT2D eigenvalue weighted by molar-refractivity contribution is -0.264. The van der Waals surface area contributed by atoms with E-state index in [9.17, 15) is 9.67 Å². The predicted molar refractivity (Wildman–Crippen MR) is 89.1 cm³/mol. The van der Waals surface area contributed by atoms with Crippen LogP contribution in [-0.2, 0) is 29.0 Å². The van der Waals surface area contributed by atoms with E-state index in [1.807, 2.05) is 0 Å². The number of rotatable bonds is 8. The maximum atomic E-state index is 12.7. The van der Waals surface area contributed by atoms with Gasteiger partial charge in [-0.2, -0.15) is 0 Å². The van der Waals surface area contributed by atoms with E-state index in [1.54, 1.807) is 13.8 Å². The van der Waals surface area contributed by atoms with Crippen LogP contribution in [0, 0.1) is 5.41 Å². The molecule has 26 heavy (non-hydrogen) atoms. The van der Waals surface area contributed by atoms with Gasteiger partial charge in [-0.25, -0.2) is 9.97 Å². The first kappa shape index (κ1) is 19.2. The van der Waals surface area contributed by atoms with Gasteiger partial charge in [-0.05, 0) is 13.8 Å². The third kappa shape index (κ3) is 3.59. The van der Waals surface area contributed by atoms with Crippen LogP contribution in [-0.4, -0.2) is 56.9 Å². The molecule has 2 aromatic heterocycles. The van der Waals surface area contributed by atoms with E-state index in [4.69, 9.17) is 23.9 Å². The number of nitrogens with zero attached hydrogens (tertiary/aromatic N) is 3. The van der Waals surface area contributed by atoms with Gasteiger partial charge in [0, 0.05) is 0 Å². The minimum absolute atomic E-state index is 0.00102. The van der Waals surface area contributed by atoms with Crippen LogP contribution in [0.15, 0.2) is 12.7 Å². The van der Waals surface area contributed by atoms with E-state index in [-0.39, 0.29) is 31.7 Å². The van der Waals surface area contributed by atoms with Crippen molar-refractivity contribution >= 4 is 18.8 Å². The van der Waals surface area contributed by atoms with Gasteiger partial charge in [0.05, 0.1) is 38.7 Å². The third-order valence-electron chi connectivity index (χ3n) is 3.85. The van der Waals surface area contributed by atoms with E-state index >= 15 is 0 Å². The minimum atomic E-state index is -3.50. The summed E-state index contributed by atoms with van der Waals surface area (Å²) in [6, 6.07) is 0. The Hall–Kier alpha value is -1.62. The number of aliphatic hydroxyl groups excluding tert-OH is 1. The molecule has 0 saturated carbocycles. The first-order valence-electron chi connectivity index (χ1n) is 8.23. The molecule has 11 nitrogen and oxygen atoms in total. The summed E-state index contributed by atoms with van der Waals surface area (Å²) in [4.78, 5) is 11.0. The molecule has 0 amide bonds. The van der Waals surface area contributed by atoms with Gasteiger partial charge in [-0.1, -0.05) is 0 Å². The Kier molecular flexibility index (Phi) is 5.56. The number of nitrogens with one attached hydrogen (secondary N) is 2. The topological polar surface area (TPSA) is 145 Å². The molecule has 0 radical (unpaired) electrons. The van der Waals surface area contributed by atoms with Gasteiger partial charge in [0.2, 0.25) is 0 Å². The number of fused-ring (bicyclic) bond motifs is 1. The largest absolute Gasteiger partial charge is 0.390 e. The van der Waals surface area contributed by atoms with E-state index in [1.165, 1.54) is 17.2 Å². The highest BCUT2D eigenvalue weighted by atomic mass is 31.2. The van der Waals surface area contributed by atoms with E-state index < -0.39 is 26.0 Å². The number of ether oxygens (including phenoxy) is 2. The van der Waals surface area contributed by atoms with Crippen molar-refractivity contribution in [2.24, 2.45) is 0 Å². The second-order valence-corrected chi connectivity index (χ2v) is 7.66. The molecule has 1 saturated heterocycles. The summed E-state index contributed by atoms with van der Waals surface area (Å²) in [7, 11) is -3.50. The van der Waals surface area contributed by atoms with Gasteiger partial charge in [-0.15, -0.1) is 0 Å². The molecule has 0 spiro atoms. The van der Waals surface area contributed by atoms with Crippen molar-refractivity contribution in [1.29, 1.82) is 5.41 Å². The fourth-order valence-electron chi connectivity index (χ4n) is 2.77. The minimum Gasteiger partial charge on any atom is -0.390 e. The van der Waals surface area contributed by atoms with Crippen molar-refractivity contribution in [1.82, 2.24) is 19.5 Å². The lowest BCUT2D eigenvalue weighted by Gasteiger charge is -2.31. The fraction of sp³-hybridized carbons (Fsp3) is 0.643. The van der Waals surface area contributed by atoms with Crippen molar-refractivity contribution < 1.29 is 28.2 Å². The van der Waals surface area contributed by atoms with Crippen molar-refractivity contribution in [2.75, 3.05) is 26.2 Å². The van der Waals surface area contributed by atoms with Gasteiger partial charge in [0.15, 0.2) is 17.5 Å². The first-order chi connectivity index (χ1) is 12.4. The number of aliphatic hydroxyl groups is 1. The predicted octanol–water partition coefficient (Wildman–Crippen LogP) is 0.871. The van der Waals surface area contributed by atoms with Gasteiger partial charge >= 0.3 is 7.60 Å². The molecule has 0 bridgehead atoms. The van der Waals surface area contributed by atoms with Gasteiger partial charge in [0.1, 0.15) is 11.8 Å². The molecule has 3 heterocycles. The fourth-order valence-corrected chi connectivity index (χ4v) is 4.14. The SMILES string of the molecule is CCOP(=O)(CO[C@]1(n2cnc3nc[nH]c3c2=N)C[C@H](O)CO1)OCC. The van der Waals surface area contributed by atoms with Crippen LogP contribution in [0.5, 0.6) is 0 Å². The average molecular weight is 387 g/mol.